The van der Waals surface area contributed by atoms with Crippen molar-refractivity contribution in [1.82, 2.24) is 0 Å². The van der Waals surface area contributed by atoms with Crippen molar-refractivity contribution in [2.75, 3.05) is 0 Å². The fraction of sp³-hybridized carbons (Fsp3) is 0.143. The van der Waals surface area contributed by atoms with Crippen LogP contribution >= 0.6 is 15.9 Å². The van der Waals surface area contributed by atoms with Crippen LogP contribution in [0.3, 0.4) is 0 Å². The smallest absolute Gasteiger partial charge is 0.225 e. The van der Waals surface area contributed by atoms with Gasteiger partial charge in [0.2, 0.25) is 10.0 Å². The average Bonchev–Trinajstić information content (AvgIpc) is 1.97. The number of rotatable bonds is 1. The van der Waals surface area contributed by atoms with Gasteiger partial charge in [0.1, 0.15) is 5.82 Å². The first-order chi connectivity index (χ1) is 5.82. The monoisotopic (exact) mass is 267 g/mol. The number of primary sulfonamides is 1. The molecule has 0 aliphatic carbocycles. The molecule has 0 amide bonds. The molecule has 1 aromatic rings. The van der Waals surface area contributed by atoms with Gasteiger partial charge in [-0.15, -0.1) is 0 Å². The Kier molecular flexibility index (Phi) is 2.74. The highest BCUT2D eigenvalue weighted by atomic mass is 79.9. The lowest BCUT2D eigenvalue weighted by atomic mass is 10.2. The molecule has 0 heterocycles. The van der Waals surface area contributed by atoms with E-state index in [1.54, 1.807) is 6.92 Å². The molecule has 0 radical (unpaired) electrons. The lowest BCUT2D eigenvalue weighted by Gasteiger charge is -2.03. The summed E-state index contributed by atoms with van der Waals surface area (Å²) in [4.78, 5) is -0.217. The minimum Gasteiger partial charge on any atom is -0.225 e. The van der Waals surface area contributed by atoms with Crippen molar-refractivity contribution in [1.29, 1.82) is 0 Å². The van der Waals surface area contributed by atoms with Crippen LogP contribution in [0, 0.1) is 12.7 Å². The topological polar surface area (TPSA) is 60.2 Å². The fourth-order valence-corrected chi connectivity index (χ4v) is 1.70. The zero-order valence-electron chi connectivity index (χ0n) is 6.71. The van der Waals surface area contributed by atoms with Crippen LogP contribution in [0.1, 0.15) is 5.56 Å². The van der Waals surface area contributed by atoms with Gasteiger partial charge in [0.25, 0.3) is 0 Å². The number of hydrogen-bond donors (Lipinski definition) is 1. The lowest BCUT2D eigenvalue weighted by Crippen LogP contribution is -2.12. The predicted octanol–water partition coefficient (Wildman–Crippen LogP) is 1.54. The maximum Gasteiger partial charge on any atom is 0.238 e. The molecular weight excluding hydrogens is 261 g/mol. The first kappa shape index (κ1) is 10.6. The Hall–Kier alpha value is -0.460. The molecule has 1 aromatic carbocycles. The van der Waals surface area contributed by atoms with Crippen molar-refractivity contribution < 1.29 is 12.8 Å². The van der Waals surface area contributed by atoms with Crippen molar-refractivity contribution in [2.45, 2.75) is 11.8 Å². The number of hydrogen-bond acceptors (Lipinski definition) is 2. The van der Waals surface area contributed by atoms with Crippen LogP contribution in [-0.4, -0.2) is 8.42 Å². The second-order valence-electron chi connectivity index (χ2n) is 2.58. The van der Waals surface area contributed by atoms with E-state index in [4.69, 9.17) is 5.14 Å². The molecule has 3 nitrogen and oxygen atoms in total. The van der Waals surface area contributed by atoms with Crippen LogP contribution in [0.4, 0.5) is 4.39 Å². The molecule has 0 unspecified atom stereocenters. The van der Waals surface area contributed by atoms with Gasteiger partial charge in [-0.05, 0) is 40.5 Å². The van der Waals surface area contributed by atoms with Crippen LogP contribution in [0.2, 0.25) is 0 Å². The summed E-state index contributed by atoms with van der Waals surface area (Å²) >= 11 is 2.97. The zero-order valence-corrected chi connectivity index (χ0v) is 9.12. The Morgan fingerprint density at radius 1 is 1.46 bits per heavy atom. The van der Waals surface area contributed by atoms with Gasteiger partial charge in [0, 0.05) is 0 Å². The van der Waals surface area contributed by atoms with Crippen LogP contribution in [0.5, 0.6) is 0 Å². The van der Waals surface area contributed by atoms with Gasteiger partial charge >= 0.3 is 0 Å². The van der Waals surface area contributed by atoms with Crippen LogP contribution < -0.4 is 5.14 Å². The Balaban J connectivity index is 3.47. The molecule has 0 saturated heterocycles. The highest BCUT2D eigenvalue weighted by molar-refractivity contribution is 9.10. The normalized spacial score (nSPS) is 11.7. The second-order valence-corrected chi connectivity index (χ2v) is 4.94. The number of nitrogens with two attached hydrogens (primary N) is 1. The Bertz CT molecular complexity index is 421. The lowest BCUT2D eigenvalue weighted by molar-refractivity contribution is 0.590. The summed E-state index contributed by atoms with van der Waals surface area (Å²) in [6.07, 6.45) is 0. The summed E-state index contributed by atoms with van der Waals surface area (Å²) in [5.74, 6) is -0.635. The highest BCUT2D eigenvalue weighted by Crippen LogP contribution is 2.23. The minimum absolute atomic E-state index is 0.217. The van der Waals surface area contributed by atoms with E-state index in [0.717, 1.165) is 6.07 Å². The molecule has 2 N–H and O–H groups in total. The maximum atomic E-state index is 13.0. The van der Waals surface area contributed by atoms with Crippen molar-refractivity contribution >= 4 is 26.0 Å². The van der Waals surface area contributed by atoms with Gasteiger partial charge in [-0.3, -0.25) is 0 Å². The molecule has 0 aliphatic rings. The van der Waals surface area contributed by atoms with E-state index in [-0.39, 0.29) is 9.37 Å². The minimum atomic E-state index is -3.83. The first-order valence-corrected chi connectivity index (χ1v) is 5.65. The van der Waals surface area contributed by atoms with E-state index in [1.807, 2.05) is 0 Å². The molecule has 0 bridgehead atoms. The maximum absolute atomic E-state index is 13.0. The summed E-state index contributed by atoms with van der Waals surface area (Å²) in [7, 11) is -3.83. The Morgan fingerprint density at radius 3 is 2.38 bits per heavy atom. The average molecular weight is 268 g/mol. The third-order valence-electron chi connectivity index (χ3n) is 1.51. The van der Waals surface area contributed by atoms with E-state index in [9.17, 15) is 12.8 Å². The van der Waals surface area contributed by atoms with E-state index in [2.05, 4.69) is 15.9 Å². The predicted molar refractivity (Wildman–Crippen MR) is 50.2 cm³/mol. The van der Waals surface area contributed by atoms with Crippen LogP contribution in [0.15, 0.2) is 21.5 Å². The number of benzene rings is 1. The fourth-order valence-electron chi connectivity index (χ4n) is 0.859. The van der Waals surface area contributed by atoms with Gasteiger partial charge in [0.05, 0.1) is 9.37 Å². The van der Waals surface area contributed by atoms with E-state index < -0.39 is 15.8 Å². The first-order valence-electron chi connectivity index (χ1n) is 3.31. The van der Waals surface area contributed by atoms with Crippen molar-refractivity contribution in [3.63, 3.8) is 0 Å². The highest BCUT2D eigenvalue weighted by Gasteiger charge is 2.12. The van der Waals surface area contributed by atoms with Gasteiger partial charge in [-0.2, -0.15) is 0 Å². The number of sulfonamides is 1. The van der Waals surface area contributed by atoms with Gasteiger partial charge < -0.3 is 0 Å². The SMILES string of the molecule is Cc1cc(S(N)(=O)=O)cc(F)c1Br. The molecule has 0 fully saturated rings. The molecule has 0 aromatic heterocycles. The van der Waals surface area contributed by atoms with Crippen molar-refractivity contribution in [3.8, 4) is 0 Å². The van der Waals surface area contributed by atoms with E-state index in [0.29, 0.717) is 5.56 Å². The van der Waals surface area contributed by atoms with Crippen molar-refractivity contribution in [2.24, 2.45) is 5.14 Å². The molecule has 0 saturated carbocycles. The summed E-state index contributed by atoms with van der Waals surface area (Å²) in [6.45, 7) is 1.59. The quantitative estimate of drug-likeness (QED) is 0.839. The number of aryl methyl sites for hydroxylation is 1. The molecular formula is C7H7BrFNO2S. The molecule has 6 heteroatoms. The number of halogens is 2. The summed E-state index contributed by atoms with van der Waals surface area (Å²) in [5.41, 5.74) is 0.490. The third-order valence-corrected chi connectivity index (χ3v) is 3.41. The molecule has 1 rings (SSSR count). The van der Waals surface area contributed by atoms with Crippen molar-refractivity contribution in [3.05, 3.63) is 28.0 Å². The molecule has 13 heavy (non-hydrogen) atoms. The van der Waals surface area contributed by atoms with Gasteiger partial charge in [-0.25, -0.2) is 17.9 Å². The third kappa shape index (κ3) is 2.26. The molecule has 72 valence electrons. The summed E-state index contributed by atoms with van der Waals surface area (Å²) < 4.78 is 34.9. The van der Waals surface area contributed by atoms with Gasteiger partial charge in [0.15, 0.2) is 0 Å². The molecule has 0 spiro atoms. The Labute approximate surface area is 83.9 Å². The summed E-state index contributed by atoms with van der Waals surface area (Å²) in [6, 6.07) is 2.19. The summed E-state index contributed by atoms with van der Waals surface area (Å²) in [5, 5.41) is 4.83. The Morgan fingerprint density at radius 2 is 2.00 bits per heavy atom. The van der Waals surface area contributed by atoms with Crippen LogP contribution in [0.25, 0.3) is 0 Å². The molecule has 0 atom stereocenters. The largest absolute Gasteiger partial charge is 0.238 e. The van der Waals surface area contributed by atoms with E-state index >= 15 is 0 Å². The molecule has 0 aliphatic heterocycles. The van der Waals surface area contributed by atoms with Crippen LogP contribution in [-0.2, 0) is 10.0 Å². The van der Waals surface area contributed by atoms with E-state index in [1.165, 1.54) is 6.07 Å². The second kappa shape index (κ2) is 3.36. The van der Waals surface area contributed by atoms with Gasteiger partial charge in [-0.1, -0.05) is 0 Å². The zero-order chi connectivity index (χ0) is 10.2. The standard InChI is InChI=1S/C7H7BrFNO2S/c1-4-2-5(13(10,11)12)3-6(9)7(4)8/h2-3H,1H3,(H2,10,11,12).